The number of nitrogens with one attached hydrogen (secondary N) is 1. The van der Waals surface area contributed by atoms with Gasteiger partial charge >= 0.3 is 6.01 Å². The predicted molar refractivity (Wildman–Crippen MR) is 84.7 cm³/mol. The van der Waals surface area contributed by atoms with Gasteiger partial charge in [0.2, 0.25) is 5.88 Å². The van der Waals surface area contributed by atoms with E-state index in [9.17, 15) is 4.79 Å². The molecule has 0 spiro atoms. The van der Waals surface area contributed by atoms with Gasteiger partial charge in [-0.25, -0.2) is 0 Å². The average Bonchev–Trinajstić information content (AvgIpc) is 2.61. The number of carbonyl (C=O) groups excluding carboxylic acids is 1. The molecule has 0 bridgehead atoms. The Labute approximate surface area is 134 Å². The third-order valence-electron chi connectivity index (χ3n) is 3.98. The second kappa shape index (κ2) is 6.64. The molecule has 0 saturated heterocycles. The lowest BCUT2D eigenvalue weighted by Gasteiger charge is -2.26. The van der Waals surface area contributed by atoms with Gasteiger partial charge in [0.05, 0.1) is 20.3 Å². The largest absolute Gasteiger partial charge is 0.481 e. The molecule has 2 aromatic rings. The van der Waals surface area contributed by atoms with Crippen molar-refractivity contribution in [3.05, 3.63) is 47.2 Å². The first-order valence-corrected chi connectivity index (χ1v) is 7.57. The summed E-state index contributed by atoms with van der Waals surface area (Å²) in [5.41, 5.74) is 2.71. The van der Waals surface area contributed by atoms with E-state index in [1.807, 2.05) is 12.1 Å². The molecule has 0 fully saturated rings. The smallest absolute Gasteiger partial charge is 0.320 e. The fourth-order valence-electron chi connectivity index (χ4n) is 2.85. The first-order valence-electron chi connectivity index (χ1n) is 7.57. The Morgan fingerprint density at radius 2 is 2.04 bits per heavy atom. The molecule has 0 unspecified atom stereocenters. The van der Waals surface area contributed by atoms with Crippen molar-refractivity contribution in [2.45, 2.75) is 25.3 Å². The highest BCUT2D eigenvalue weighted by atomic mass is 16.5. The summed E-state index contributed by atoms with van der Waals surface area (Å²) >= 11 is 0. The van der Waals surface area contributed by atoms with Crippen molar-refractivity contribution >= 4 is 5.91 Å². The van der Waals surface area contributed by atoms with Crippen LogP contribution in [0.5, 0.6) is 11.9 Å². The molecule has 1 aromatic carbocycles. The quantitative estimate of drug-likeness (QED) is 0.937. The van der Waals surface area contributed by atoms with E-state index < -0.39 is 0 Å². The molecule has 23 heavy (non-hydrogen) atoms. The second-order valence-corrected chi connectivity index (χ2v) is 5.40. The molecule has 0 saturated carbocycles. The number of nitrogens with zero attached hydrogens (tertiary/aromatic N) is 2. The average molecular weight is 313 g/mol. The minimum atomic E-state index is -0.259. The molecular formula is C17H19N3O3. The molecule has 1 aliphatic rings. The van der Waals surface area contributed by atoms with Crippen LogP contribution < -0.4 is 14.8 Å². The van der Waals surface area contributed by atoms with E-state index in [0.29, 0.717) is 5.88 Å². The van der Waals surface area contributed by atoms with Gasteiger partial charge in [0.15, 0.2) is 0 Å². The lowest BCUT2D eigenvalue weighted by atomic mass is 9.87. The van der Waals surface area contributed by atoms with Crippen LogP contribution in [0.1, 0.15) is 40.5 Å². The lowest BCUT2D eigenvalue weighted by molar-refractivity contribution is 0.0925. The molecule has 0 radical (unpaired) electrons. The number of hydrogen-bond donors (Lipinski definition) is 1. The SMILES string of the molecule is COc1cc(C(=O)N[C@@H]2CCCc3ccccc32)nc(OC)n1. The van der Waals surface area contributed by atoms with Crippen molar-refractivity contribution in [1.29, 1.82) is 0 Å². The number of carbonyl (C=O) groups is 1. The fraction of sp³-hybridized carbons (Fsp3) is 0.353. The van der Waals surface area contributed by atoms with Crippen LogP contribution in [0.4, 0.5) is 0 Å². The number of benzene rings is 1. The maximum Gasteiger partial charge on any atom is 0.320 e. The molecule has 0 aliphatic heterocycles. The molecule has 3 rings (SSSR count). The lowest BCUT2D eigenvalue weighted by Crippen LogP contribution is -2.31. The van der Waals surface area contributed by atoms with Gasteiger partial charge in [-0.3, -0.25) is 4.79 Å². The highest BCUT2D eigenvalue weighted by Crippen LogP contribution is 2.29. The molecule has 6 heteroatoms. The molecule has 1 aliphatic carbocycles. The van der Waals surface area contributed by atoms with Crippen LogP contribution in [0, 0.1) is 0 Å². The van der Waals surface area contributed by atoms with Gasteiger partial charge in [0.1, 0.15) is 5.69 Å². The number of methoxy groups -OCH3 is 2. The molecule has 1 atom stereocenters. The van der Waals surface area contributed by atoms with Gasteiger partial charge in [-0.05, 0) is 30.4 Å². The van der Waals surface area contributed by atoms with Gasteiger partial charge in [-0.15, -0.1) is 0 Å². The highest BCUT2D eigenvalue weighted by Gasteiger charge is 2.23. The van der Waals surface area contributed by atoms with Gasteiger partial charge in [0.25, 0.3) is 5.91 Å². The fourth-order valence-corrected chi connectivity index (χ4v) is 2.85. The van der Waals surface area contributed by atoms with E-state index in [-0.39, 0.29) is 23.7 Å². The molecule has 1 aromatic heterocycles. The van der Waals surface area contributed by atoms with Gasteiger partial charge in [0, 0.05) is 6.07 Å². The molecule has 1 N–H and O–H groups in total. The second-order valence-electron chi connectivity index (χ2n) is 5.40. The highest BCUT2D eigenvalue weighted by molar-refractivity contribution is 5.93. The van der Waals surface area contributed by atoms with Crippen molar-refractivity contribution in [2.75, 3.05) is 14.2 Å². The monoisotopic (exact) mass is 313 g/mol. The first kappa shape index (κ1) is 15.3. The third kappa shape index (κ3) is 3.26. The third-order valence-corrected chi connectivity index (χ3v) is 3.98. The maximum absolute atomic E-state index is 12.5. The maximum atomic E-state index is 12.5. The Balaban J connectivity index is 1.83. The minimum absolute atomic E-state index is 0.000551. The Morgan fingerprint density at radius 1 is 1.22 bits per heavy atom. The minimum Gasteiger partial charge on any atom is -0.481 e. The molecule has 1 heterocycles. The summed E-state index contributed by atoms with van der Waals surface area (Å²) in [5, 5.41) is 3.05. The van der Waals surface area contributed by atoms with E-state index in [4.69, 9.17) is 9.47 Å². The van der Waals surface area contributed by atoms with Crippen LogP contribution in [0.2, 0.25) is 0 Å². The Hall–Kier alpha value is -2.63. The number of rotatable bonds is 4. The molecule has 1 amide bonds. The topological polar surface area (TPSA) is 73.3 Å². The van der Waals surface area contributed by atoms with Crippen LogP contribution in [-0.4, -0.2) is 30.1 Å². The van der Waals surface area contributed by atoms with E-state index in [0.717, 1.165) is 19.3 Å². The van der Waals surface area contributed by atoms with Crippen LogP contribution in [0.25, 0.3) is 0 Å². The van der Waals surface area contributed by atoms with Crippen LogP contribution in [-0.2, 0) is 6.42 Å². The predicted octanol–water partition coefficient (Wildman–Crippen LogP) is 2.30. The van der Waals surface area contributed by atoms with E-state index >= 15 is 0 Å². The summed E-state index contributed by atoms with van der Waals surface area (Å²) in [6, 6.07) is 9.83. The summed E-state index contributed by atoms with van der Waals surface area (Å²) in [7, 11) is 2.94. The Morgan fingerprint density at radius 3 is 2.83 bits per heavy atom. The standard InChI is InChI=1S/C17H19N3O3/c1-22-15-10-14(19-17(20-15)23-2)16(21)18-13-9-5-7-11-6-3-4-8-12(11)13/h3-4,6,8,10,13H,5,7,9H2,1-2H3,(H,18,21)/t13-/m1/s1. The zero-order chi connectivity index (χ0) is 16.2. The van der Waals surface area contributed by atoms with Gasteiger partial charge in [-0.1, -0.05) is 24.3 Å². The zero-order valence-electron chi connectivity index (χ0n) is 13.2. The molecule has 120 valence electrons. The number of aryl methyl sites for hydroxylation is 1. The Kier molecular flexibility index (Phi) is 4.41. The summed E-state index contributed by atoms with van der Waals surface area (Å²) in [6.07, 6.45) is 3.03. The van der Waals surface area contributed by atoms with Crippen LogP contribution in [0.3, 0.4) is 0 Å². The summed E-state index contributed by atoms with van der Waals surface area (Å²) < 4.78 is 10.1. The van der Waals surface area contributed by atoms with Crippen molar-refractivity contribution in [3.63, 3.8) is 0 Å². The summed E-state index contributed by atoms with van der Waals surface area (Å²) in [4.78, 5) is 20.6. The molecular weight excluding hydrogens is 294 g/mol. The van der Waals surface area contributed by atoms with Crippen LogP contribution >= 0.6 is 0 Å². The van der Waals surface area contributed by atoms with Crippen molar-refractivity contribution in [3.8, 4) is 11.9 Å². The molecule has 6 nitrogen and oxygen atoms in total. The number of amides is 1. The van der Waals surface area contributed by atoms with Gasteiger partial charge in [-0.2, -0.15) is 9.97 Å². The number of ether oxygens (including phenoxy) is 2. The number of hydrogen-bond acceptors (Lipinski definition) is 5. The number of aromatic nitrogens is 2. The van der Waals surface area contributed by atoms with Crippen molar-refractivity contribution in [2.24, 2.45) is 0 Å². The van der Waals surface area contributed by atoms with E-state index in [1.165, 1.54) is 31.4 Å². The first-order chi connectivity index (χ1) is 11.2. The Bertz CT molecular complexity index is 696. The number of fused-ring (bicyclic) bond motifs is 1. The summed E-state index contributed by atoms with van der Waals surface area (Å²) in [6.45, 7) is 0. The zero-order valence-corrected chi connectivity index (χ0v) is 13.2. The van der Waals surface area contributed by atoms with Gasteiger partial charge < -0.3 is 14.8 Å². The van der Waals surface area contributed by atoms with Crippen molar-refractivity contribution in [1.82, 2.24) is 15.3 Å². The van der Waals surface area contributed by atoms with Crippen molar-refractivity contribution < 1.29 is 14.3 Å². The van der Waals surface area contributed by atoms with E-state index in [2.05, 4.69) is 27.4 Å². The van der Waals surface area contributed by atoms with E-state index in [1.54, 1.807) is 0 Å². The normalized spacial score (nSPS) is 16.3. The summed E-state index contributed by atoms with van der Waals surface area (Å²) in [5.74, 6) is 0.0387. The van der Waals surface area contributed by atoms with Crippen LogP contribution in [0.15, 0.2) is 30.3 Å².